The van der Waals surface area contributed by atoms with Crippen LogP contribution in [0.15, 0.2) is 11.6 Å². The number of carbonyl (C=O) groups is 1. The van der Waals surface area contributed by atoms with Gasteiger partial charge in [-0.3, -0.25) is 0 Å². The monoisotopic (exact) mass is 253 g/mol. The molecule has 0 bridgehead atoms. The van der Waals surface area contributed by atoms with Crippen LogP contribution in [0.5, 0.6) is 0 Å². The number of hydrogen-bond acceptors (Lipinski definition) is 2. The summed E-state index contributed by atoms with van der Waals surface area (Å²) in [5, 5.41) is 0. The van der Waals surface area contributed by atoms with Gasteiger partial charge in [-0.1, -0.05) is 26.8 Å². The molecule has 0 N–H and O–H groups in total. The lowest BCUT2D eigenvalue weighted by molar-refractivity contribution is 0.0182. The Morgan fingerprint density at radius 2 is 1.83 bits per heavy atom. The molecule has 0 aromatic heterocycles. The van der Waals surface area contributed by atoms with Crippen LogP contribution in [0.3, 0.4) is 0 Å². The lowest BCUT2D eigenvalue weighted by Crippen LogP contribution is -2.47. The van der Waals surface area contributed by atoms with Gasteiger partial charge in [-0.2, -0.15) is 0 Å². The van der Waals surface area contributed by atoms with Crippen molar-refractivity contribution in [3.8, 4) is 0 Å². The second-order valence-electron chi connectivity index (χ2n) is 7.05. The van der Waals surface area contributed by atoms with E-state index in [0.717, 1.165) is 13.0 Å². The van der Waals surface area contributed by atoms with E-state index in [1.807, 2.05) is 25.7 Å². The van der Waals surface area contributed by atoms with E-state index in [9.17, 15) is 4.79 Å². The minimum atomic E-state index is -0.431. The molecule has 0 saturated carbocycles. The van der Waals surface area contributed by atoms with Gasteiger partial charge in [0.2, 0.25) is 0 Å². The van der Waals surface area contributed by atoms with E-state index in [-0.39, 0.29) is 17.6 Å². The molecule has 0 aromatic rings. The summed E-state index contributed by atoms with van der Waals surface area (Å²) in [4.78, 5) is 14.0. The van der Waals surface area contributed by atoms with Crippen LogP contribution in [0.2, 0.25) is 0 Å². The molecule has 18 heavy (non-hydrogen) atoms. The molecule has 1 aliphatic heterocycles. The van der Waals surface area contributed by atoms with E-state index < -0.39 is 5.60 Å². The molecule has 1 heterocycles. The largest absolute Gasteiger partial charge is 0.444 e. The summed E-state index contributed by atoms with van der Waals surface area (Å²) in [5.41, 5.74) is 0.986. The summed E-state index contributed by atoms with van der Waals surface area (Å²) in [6, 6.07) is 0.119. The highest BCUT2D eigenvalue weighted by molar-refractivity contribution is 5.69. The topological polar surface area (TPSA) is 29.5 Å². The Morgan fingerprint density at radius 1 is 1.28 bits per heavy atom. The van der Waals surface area contributed by atoms with Gasteiger partial charge in [0.1, 0.15) is 5.60 Å². The lowest BCUT2D eigenvalue weighted by Gasteiger charge is -2.40. The third kappa shape index (κ3) is 3.76. The molecule has 0 unspecified atom stereocenters. The van der Waals surface area contributed by atoms with Crippen molar-refractivity contribution in [2.75, 3.05) is 6.54 Å². The van der Waals surface area contributed by atoms with Gasteiger partial charge in [-0.25, -0.2) is 4.79 Å². The number of ether oxygens (including phenoxy) is 1. The highest BCUT2D eigenvalue weighted by Gasteiger charge is 2.33. The summed E-state index contributed by atoms with van der Waals surface area (Å²) in [6.07, 6.45) is 2.98. The Hall–Kier alpha value is -0.990. The van der Waals surface area contributed by atoms with E-state index in [1.165, 1.54) is 5.57 Å². The summed E-state index contributed by atoms with van der Waals surface area (Å²) >= 11 is 0. The van der Waals surface area contributed by atoms with Crippen LogP contribution in [0.1, 0.15) is 54.9 Å². The molecular formula is C15H27NO2. The van der Waals surface area contributed by atoms with Gasteiger partial charge in [-0.15, -0.1) is 0 Å². The zero-order chi connectivity index (χ0) is 14.1. The Bertz CT molecular complexity index is 344. The summed E-state index contributed by atoms with van der Waals surface area (Å²) in [6.45, 7) is 15.1. The zero-order valence-electron chi connectivity index (χ0n) is 12.8. The summed E-state index contributed by atoms with van der Waals surface area (Å²) in [7, 11) is 0. The highest BCUT2D eigenvalue weighted by Crippen LogP contribution is 2.33. The molecule has 104 valence electrons. The maximum absolute atomic E-state index is 12.2. The van der Waals surface area contributed by atoms with Crippen LogP contribution in [0.25, 0.3) is 0 Å². The molecule has 0 radical (unpaired) electrons. The van der Waals surface area contributed by atoms with Crippen molar-refractivity contribution < 1.29 is 9.53 Å². The van der Waals surface area contributed by atoms with Gasteiger partial charge in [0.05, 0.1) is 6.04 Å². The molecule has 0 fully saturated rings. The molecule has 1 aliphatic rings. The van der Waals surface area contributed by atoms with Crippen LogP contribution in [-0.4, -0.2) is 29.2 Å². The van der Waals surface area contributed by atoms with E-state index in [0.29, 0.717) is 0 Å². The van der Waals surface area contributed by atoms with E-state index in [4.69, 9.17) is 4.74 Å². The highest BCUT2D eigenvalue weighted by atomic mass is 16.6. The molecule has 0 spiro atoms. The van der Waals surface area contributed by atoms with Gasteiger partial charge in [0.15, 0.2) is 0 Å². The van der Waals surface area contributed by atoms with Crippen molar-refractivity contribution in [1.29, 1.82) is 0 Å². The molecule has 3 nitrogen and oxygen atoms in total. The van der Waals surface area contributed by atoms with Crippen molar-refractivity contribution in [1.82, 2.24) is 4.90 Å². The molecular weight excluding hydrogens is 226 g/mol. The minimum Gasteiger partial charge on any atom is -0.444 e. The van der Waals surface area contributed by atoms with E-state index in [2.05, 4.69) is 33.8 Å². The number of carbonyl (C=O) groups excluding carboxylic acids is 1. The van der Waals surface area contributed by atoms with Crippen molar-refractivity contribution >= 4 is 6.09 Å². The van der Waals surface area contributed by atoms with Crippen LogP contribution < -0.4 is 0 Å². The van der Waals surface area contributed by atoms with Crippen LogP contribution >= 0.6 is 0 Å². The van der Waals surface area contributed by atoms with E-state index >= 15 is 0 Å². The first kappa shape index (κ1) is 15.1. The first-order valence-corrected chi connectivity index (χ1v) is 6.72. The fourth-order valence-electron chi connectivity index (χ4n) is 2.39. The van der Waals surface area contributed by atoms with Crippen LogP contribution in [0, 0.1) is 5.41 Å². The van der Waals surface area contributed by atoms with Crippen molar-refractivity contribution in [3.05, 3.63) is 11.6 Å². The Morgan fingerprint density at radius 3 is 2.28 bits per heavy atom. The standard InChI is InChI=1S/C15H27NO2/c1-11-12(14(2,3)4)9-8-10-16(11)13(17)18-15(5,6)7/h9,11H,8,10H2,1-7H3/t11-/m0/s1. The Balaban J connectivity index is 2.82. The van der Waals surface area contributed by atoms with Gasteiger partial charge in [0.25, 0.3) is 0 Å². The van der Waals surface area contributed by atoms with Gasteiger partial charge >= 0.3 is 6.09 Å². The SMILES string of the molecule is C[C@H]1C(C(C)(C)C)=CCCN1C(=O)OC(C)(C)C. The second kappa shape index (κ2) is 4.94. The predicted molar refractivity (Wildman–Crippen MR) is 74.6 cm³/mol. The summed E-state index contributed by atoms with van der Waals surface area (Å²) < 4.78 is 5.47. The molecule has 0 saturated heterocycles. The fraction of sp³-hybridized carbons (Fsp3) is 0.800. The van der Waals surface area contributed by atoms with Gasteiger partial charge in [0, 0.05) is 6.54 Å². The Labute approximate surface area is 111 Å². The summed E-state index contributed by atoms with van der Waals surface area (Å²) in [5.74, 6) is 0. The lowest BCUT2D eigenvalue weighted by atomic mass is 9.80. The van der Waals surface area contributed by atoms with Crippen LogP contribution in [0.4, 0.5) is 4.79 Å². The second-order valence-corrected chi connectivity index (χ2v) is 7.05. The average molecular weight is 253 g/mol. The molecule has 1 amide bonds. The normalized spacial score (nSPS) is 21.6. The maximum atomic E-state index is 12.2. The van der Waals surface area contributed by atoms with E-state index in [1.54, 1.807) is 0 Å². The molecule has 0 aliphatic carbocycles. The van der Waals surface area contributed by atoms with Crippen molar-refractivity contribution in [2.45, 2.75) is 66.5 Å². The zero-order valence-corrected chi connectivity index (χ0v) is 12.8. The third-order valence-corrected chi connectivity index (χ3v) is 3.15. The quantitative estimate of drug-likeness (QED) is 0.611. The minimum absolute atomic E-state index is 0.0973. The number of nitrogens with zero attached hydrogens (tertiary/aromatic N) is 1. The Kier molecular flexibility index (Phi) is 4.14. The van der Waals surface area contributed by atoms with Crippen molar-refractivity contribution in [3.63, 3.8) is 0 Å². The predicted octanol–water partition coefficient (Wildman–Crippen LogP) is 3.99. The molecule has 1 atom stereocenters. The third-order valence-electron chi connectivity index (χ3n) is 3.15. The number of amides is 1. The van der Waals surface area contributed by atoms with Crippen LogP contribution in [-0.2, 0) is 4.74 Å². The molecule has 3 heteroatoms. The first-order valence-electron chi connectivity index (χ1n) is 6.72. The average Bonchev–Trinajstić information content (AvgIpc) is 2.12. The number of hydrogen-bond donors (Lipinski definition) is 0. The maximum Gasteiger partial charge on any atom is 0.410 e. The van der Waals surface area contributed by atoms with Gasteiger partial charge in [-0.05, 0) is 45.1 Å². The van der Waals surface area contributed by atoms with Gasteiger partial charge < -0.3 is 9.64 Å². The first-order chi connectivity index (χ1) is 8.02. The molecule has 1 rings (SSSR count). The number of rotatable bonds is 0. The smallest absolute Gasteiger partial charge is 0.410 e. The van der Waals surface area contributed by atoms with Crippen molar-refractivity contribution in [2.24, 2.45) is 5.41 Å². The fourth-order valence-corrected chi connectivity index (χ4v) is 2.39. The molecule has 0 aromatic carbocycles.